The molecule has 0 bridgehead atoms. The molecule has 23 heavy (non-hydrogen) atoms. The van der Waals surface area contributed by atoms with E-state index in [1.54, 1.807) is 0 Å². The molecule has 1 aromatic carbocycles. The largest absolute Gasteiger partial charge is 0.491 e. The van der Waals surface area contributed by atoms with E-state index < -0.39 is 6.10 Å². The minimum Gasteiger partial charge on any atom is -0.491 e. The van der Waals surface area contributed by atoms with Crippen LogP contribution in [0.5, 0.6) is 5.75 Å². The number of aliphatic hydroxyl groups is 1. The number of β-amino-alcohol motifs (C(OH)–C–C–N with tert-alkyl or cyclic N) is 1. The number of benzene rings is 1. The number of nitrogens with zero attached hydrogens (tertiary/aromatic N) is 1. The molecular weight excluding hydrogens is 286 g/mol. The van der Waals surface area contributed by atoms with Crippen molar-refractivity contribution in [3.63, 3.8) is 0 Å². The quantitative estimate of drug-likeness (QED) is 0.865. The lowest BCUT2D eigenvalue weighted by atomic mass is 9.92. The van der Waals surface area contributed by atoms with E-state index in [-0.39, 0.29) is 0 Å². The van der Waals surface area contributed by atoms with Crippen molar-refractivity contribution in [2.24, 2.45) is 11.8 Å². The highest BCUT2D eigenvalue weighted by Crippen LogP contribution is 2.24. The lowest BCUT2D eigenvalue weighted by molar-refractivity contribution is 0.0429. The molecule has 1 N–H and O–H groups in total. The van der Waals surface area contributed by atoms with Gasteiger partial charge in [-0.1, -0.05) is 33.8 Å². The second-order valence-corrected chi connectivity index (χ2v) is 7.80. The van der Waals surface area contributed by atoms with Gasteiger partial charge in [-0.15, -0.1) is 0 Å². The molecule has 0 radical (unpaired) electrons. The zero-order valence-corrected chi connectivity index (χ0v) is 15.4. The van der Waals surface area contributed by atoms with Gasteiger partial charge in [0.2, 0.25) is 0 Å². The van der Waals surface area contributed by atoms with Crippen LogP contribution in [0.1, 0.15) is 51.2 Å². The van der Waals surface area contributed by atoms with Crippen molar-refractivity contribution >= 4 is 0 Å². The number of rotatable bonds is 6. The van der Waals surface area contributed by atoms with Crippen molar-refractivity contribution in [2.75, 3.05) is 26.2 Å². The van der Waals surface area contributed by atoms with Crippen LogP contribution in [0.3, 0.4) is 0 Å². The van der Waals surface area contributed by atoms with Crippen molar-refractivity contribution in [3.8, 4) is 5.75 Å². The molecule has 1 aromatic rings. The van der Waals surface area contributed by atoms with E-state index in [1.807, 2.05) is 6.07 Å². The van der Waals surface area contributed by atoms with Crippen LogP contribution in [0.2, 0.25) is 0 Å². The predicted octanol–water partition coefficient (Wildman–Crippen LogP) is 3.84. The van der Waals surface area contributed by atoms with Gasteiger partial charge in [-0.2, -0.15) is 0 Å². The molecule has 0 aromatic heterocycles. The number of ether oxygens (including phenoxy) is 1. The molecule has 3 heteroatoms. The summed E-state index contributed by atoms with van der Waals surface area (Å²) in [6.07, 6.45) is 0.863. The first-order chi connectivity index (χ1) is 10.8. The van der Waals surface area contributed by atoms with E-state index in [2.05, 4.69) is 51.7 Å². The van der Waals surface area contributed by atoms with Gasteiger partial charge in [-0.05, 0) is 54.4 Å². The Bertz CT molecular complexity index is 490. The van der Waals surface area contributed by atoms with Crippen molar-refractivity contribution in [3.05, 3.63) is 29.3 Å². The van der Waals surface area contributed by atoms with E-state index in [1.165, 1.54) is 17.5 Å². The predicted molar refractivity (Wildman–Crippen MR) is 96.2 cm³/mol. The first-order valence-electron chi connectivity index (χ1n) is 8.99. The summed E-state index contributed by atoms with van der Waals surface area (Å²) < 4.78 is 5.80. The van der Waals surface area contributed by atoms with E-state index in [9.17, 15) is 5.11 Å². The zero-order chi connectivity index (χ0) is 17.0. The fourth-order valence-corrected chi connectivity index (χ4v) is 3.87. The Kier molecular flexibility index (Phi) is 6.49. The van der Waals surface area contributed by atoms with Crippen LogP contribution in [0, 0.1) is 18.8 Å². The third kappa shape index (κ3) is 5.50. The van der Waals surface area contributed by atoms with Crippen molar-refractivity contribution in [1.82, 2.24) is 4.90 Å². The molecular formula is C20H33NO2. The fourth-order valence-electron chi connectivity index (χ4n) is 3.87. The average Bonchev–Trinajstić information content (AvgIpc) is 2.43. The van der Waals surface area contributed by atoms with E-state index in [0.29, 0.717) is 19.1 Å². The van der Waals surface area contributed by atoms with E-state index >= 15 is 0 Å². The SMILES string of the molecule is Cc1cc(OC[C@H](O)CN2C[C@H](C)C[C@@H](C)C2)ccc1C(C)C. The number of likely N-dealkylation sites (tertiary alicyclic amines) is 1. The third-order valence-electron chi connectivity index (χ3n) is 4.72. The van der Waals surface area contributed by atoms with Gasteiger partial charge >= 0.3 is 0 Å². The van der Waals surface area contributed by atoms with Gasteiger partial charge in [0.05, 0.1) is 0 Å². The maximum Gasteiger partial charge on any atom is 0.119 e. The Balaban J connectivity index is 1.82. The summed E-state index contributed by atoms with van der Waals surface area (Å²) in [6, 6.07) is 6.23. The smallest absolute Gasteiger partial charge is 0.119 e. The van der Waals surface area contributed by atoms with Crippen LogP contribution >= 0.6 is 0 Å². The van der Waals surface area contributed by atoms with E-state index in [4.69, 9.17) is 4.74 Å². The number of aryl methyl sites for hydroxylation is 1. The van der Waals surface area contributed by atoms with Gasteiger partial charge in [0.1, 0.15) is 18.5 Å². The molecule has 1 saturated heterocycles. The molecule has 1 aliphatic rings. The molecule has 0 aliphatic carbocycles. The Hall–Kier alpha value is -1.06. The highest BCUT2D eigenvalue weighted by molar-refractivity contribution is 5.36. The van der Waals surface area contributed by atoms with Crippen LogP contribution in [-0.4, -0.2) is 42.4 Å². The lowest BCUT2D eigenvalue weighted by Gasteiger charge is -2.35. The number of hydrogen-bond acceptors (Lipinski definition) is 3. The summed E-state index contributed by atoms with van der Waals surface area (Å²) in [5.74, 6) is 2.82. The maximum absolute atomic E-state index is 10.3. The van der Waals surface area contributed by atoms with Gasteiger partial charge in [0.25, 0.3) is 0 Å². The van der Waals surface area contributed by atoms with Crippen LogP contribution in [-0.2, 0) is 0 Å². The molecule has 0 spiro atoms. The molecule has 1 fully saturated rings. The summed E-state index contributed by atoms with van der Waals surface area (Å²) in [5, 5.41) is 10.3. The van der Waals surface area contributed by atoms with Crippen LogP contribution in [0.15, 0.2) is 18.2 Å². The molecule has 2 rings (SSSR count). The number of piperidine rings is 1. The summed E-state index contributed by atoms with van der Waals surface area (Å²) in [7, 11) is 0. The van der Waals surface area contributed by atoms with Crippen molar-refractivity contribution < 1.29 is 9.84 Å². The minimum absolute atomic E-state index is 0.361. The Morgan fingerprint density at radius 1 is 1.22 bits per heavy atom. The average molecular weight is 319 g/mol. The van der Waals surface area contributed by atoms with Gasteiger partial charge in [0, 0.05) is 19.6 Å². The Labute approximate surface area is 141 Å². The Morgan fingerprint density at radius 3 is 2.43 bits per heavy atom. The molecule has 3 atom stereocenters. The van der Waals surface area contributed by atoms with Gasteiger partial charge in [-0.25, -0.2) is 0 Å². The van der Waals surface area contributed by atoms with Gasteiger partial charge in [0.15, 0.2) is 0 Å². The molecule has 0 saturated carbocycles. The van der Waals surface area contributed by atoms with Gasteiger partial charge < -0.3 is 14.7 Å². The zero-order valence-electron chi connectivity index (χ0n) is 15.4. The second-order valence-electron chi connectivity index (χ2n) is 7.80. The molecule has 130 valence electrons. The van der Waals surface area contributed by atoms with Crippen LogP contribution in [0.25, 0.3) is 0 Å². The first kappa shape index (κ1) is 18.3. The van der Waals surface area contributed by atoms with Gasteiger partial charge in [-0.3, -0.25) is 0 Å². The second kappa shape index (κ2) is 8.16. The molecule has 1 heterocycles. The molecule has 0 amide bonds. The van der Waals surface area contributed by atoms with Crippen LogP contribution in [0.4, 0.5) is 0 Å². The van der Waals surface area contributed by atoms with Crippen molar-refractivity contribution in [2.45, 2.75) is 53.1 Å². The molecule has 3 nitrogen and oxygen atoms in total. The minimum atomic E-state index is -0.433. The lowest BCUT2D eigenvalue weighted by Crippen LogP contribution is -2.44. The number of aliphatic hydroxyl groups excluding tert-OH is 1. The topological polar surface area (TPSA) is 32.7 Å². The number of hydrogen-bond donors (Lipinski definition) is 1. The molecule has 0 unspecified atom stereocenters. The summed E-state index contributed by atoms with van der Waals surface area (Å²) in [4.78, 5) is 2.37. The van der Waals surface area contributed by atoms with Crippen LogP contribution < -0.4 is 4.74 Å². The fraction of sp³-hybridized carbons (Fsp3) is 0.700. The summed E-state index contributed by atoms with van der Waals surface area (Å²) in [6.45, 7) is 14.4. The standard InChI is InChI=1S/C20H33NO2/c1-14(2)20-7-6-19(9-17(20)5)23-13-18(22)12-21-10-15(3)8-16(4)11-21/h6-7,9,14-16,18,22H,8,10-13H2,1-5H3/t15-,16-,18-/m1/s1. The summed E-state index contributed by atoms with van der Waals surface area (Å²) >= 11 is 0. The highest BCUT2D eigenvalue weighted by atomic mass is 16.5. The monoisotopic (exact) mass is 319 g/mol. The van der Waals surface area contributed by atoms with E-state index in [0.717, 1.165) is 30.7 Å². The maximum atomic E-state index is 10.3. The molecule has 1 aliphatic heterocycles. The van der Waals surface area contributed by atoms with Crippen molar-refractivity contribution in [1.29, 1.82) is 0 Å². The first-order valence-corrected chi connectivity index (χ1v) is 8.99. The Morgan fingerprint density at radius 2 is 1.87 bits per heavy atom. The normalized spacial score (nSPS) is 24.0. The third-order valence-corrected chi connectivity index (χ3v) is 4.72. The summed E-state index contributed by atoms with van der Waals surface area (Å²) in [5.41, 5.74) is 2.61. The highest BCUT2D eigenvalue weighted by Gasteiger charge is 2.23.